The Kier molecular flexibility index (Phi) is 6.27. The SMILES string of the molecule is CC(=O)NC[C@H]1CN(c2ccc(-c3ccc(CC4C=C(CO)N=N4)cc3)c(F)c2)C(=O)O1. The second-order valence-electron chi connectivity index (χ2n) is 7.72. The minimum Gasteiger partial charge on any atom is -0.442 e. The van der Waals surface area contributed by atoms with Crippen LogP contribution in [0.5, 0.6) is 0 Å². The number of aliphatic hydroxyl groups is 1. The lowest BCUT2D eigenvalue weighted by atomic mass is 10.00. The van der Waals surface area contributed by atoms with E-state index in [0.717, 1.165) is 5.56 Å². The van der Waals surface area contributed by atoms with Crippen molar-refractivity contribution < 1.29 is 23.8 Å². The van der Waals surface area contributed by atoms with Gasteiger partial charge in [-0.05, 0) is 35.4 Å². The first kappa shape index (κ1) is 21.6. The van der Waals surface area contributed by atoms with Gasteiger partial charge in [0.05, 0.1) is 37.1 Å². The van der Waals surface area contributed by atoms with Crippen molar-refractivity contribution in [1.82, 2.24) is 5.32 Å². The predicted molar refractivity (Wildman–Crippen MR) is 116 cm³/mol. The van der Waals surface area contributed by atoms with Crippen LogP contribution in [0.4, 0.5) is 14.9 Å². The number of amides is 2. The van der Waals surface area contributed by atoms with Crippen LogP contribution < -0.4 is 10.2 Å². The van der Waals surface area contributed by atoms with Crippen LogP contribution in [0.15, 0.2) is 64.5 Å². The Labute approximate surface area is 184 Å². The third-order valence-corrected chi connectivity index (χ3v) is 5.31. The van der Waals surface area contributed by atoms with E-state index >= 15 is 0 Å². The molecule has 2 aromatic carbocycles. The molecule has 9 heteroatoms. The van der Waals surface area contributed by atoms with E-state index < -0.39 is 18.0 Å². The topological polar surface area (TPSA) is 104 Å². The number of ether oxygens (including phenoxy) is 1. The summed E-state index contributed by atoms with van der Waals surface area (Å²) in [4.78, 5) is 24.6. The van der Waals surface area contributed by atoms with Crippen LogP contribution >= 0.6 is 0 Å². The number of carbonyl (C=O) groups excluding carboxylic acids is 2. The van der Waals surface area contributed by atoms with Crippen LogP contribution in [0.2, 0.25) is 0 Å². The number of azo groups is 1. The first-order valence-electron chi connectivity index (χ1n) is 10.3. The van der Waals surface area contributed by atoms with Gasteiger partial charge in [-0.25, -0.2) is 9.18 Å². The Hall–Kier alpha value is -3.59. The fourth-order valence-electron chi connectivity index (χ4n) is 3.69. The second-order valence-corrected chi connectivity index (χ2v) is 7.72. The Morgan fingerprint density at radius 2 is 2.06 bits per heavy atom. The number of nitrogens with zero attached hydrogens (tertiary/aromatic N) is 3. The molecule has 1 fully saturated rings. The van der Waals surface area contributed by atoms with Gasteiger partial charge < -0.3 is 15.2 Å². The van der Waals surface area contributed by atoms with Crippen molar-refractivity contribution in [2.24, 2.45) is 10.2 Å². The van der Waals surface area contributed by atoms with Gasteiger partial charge in [0.1, 0.15) is 11.9 Å². The molecule has 0 aliphatic carbocycles. The number of anilines is 1. The van der Waals surface area contributed by atoms with E-state index in [0.29, 0.717) is 28.9 Å². The van der Waals surface area contributed by atoms with E-state index in [4.69, 9.17) is 9.84 Å². The van der Waals surface area contributed by atoms with Crippen LogP contribution in [0.25, 0.3) is 11.1 Å². The summed E-state index contributed by atoms with van der Waals surface area (Å²) in [6.07, 6.45) is 1.42. The number of hydrogen-bond donors (Lipinski definition) is 2. The number of halogens is 1. The third-order valence-electron chi connectivity index (χ3n) is 5.31. The van der Waals surface area contributed by atoms with Gasteiger partial charge in [0.15, 0.2) is 0 Å². The number of hydrogen-bond acceptors (Lipinski definition) is 6. The predicted octanol–water partition coefficient (Wildman–Crippen LogP) is 3.21. The summed E-state index contributed by atoms with van der Waals surface area (Å²) in [6.45, 7) is 1.71. The number of benzene rings is 2. The van der Waals surface area contributed by atoms with E-state index in [9.17, 15) is 14.0 Å². The summed E-state index contributed by atoms with van der Waals surface area (Å²) in [5.74, 6) is -0.659. The molecule has 0 bridgehead atoms. The molecule has 1 unspecified atom stereocenters. The largest absolute Gasteiger partial charge is 0.442 e. The van der Waals surface area contributed by atoms with Crippen LogP contribution in [-0.4, -0.2) is 48.9 Å². The monoisotopic (exact) mass is 438 g/mol. The van der Waals surface area contributed by atoms with Crippen molar-refractivity contribution in [3.63, 3.8) is 0 Å². The maximum Gasteiger partial charge on any atom is 0.414 e. The standard InChI is InChI=1S/C23H23FN4O4/c1-14(30)25-11-20-12-28(23(31)32-20)19-6-7-21(22(24)10-19)16-4-2-15(3-5-16)8-17-9-18(13-29)27-26-17/h2-7,9-10,17,20,29H,8,11-13H2,1H3,(H,25,30)/t17?,20-/m0/s1. The maximum atomic E-state index is 14.9. The quantitative estimate of drug-likeness (QED) is 0.693. The Balaban J connectivity index is 1.43. The van der Waals surface area contributed by atoms with Crippen LogP contribution in [0.1, 0.15) is 12.5 Å². The molecule has 2 aliphatic rings. The van der Waals surface area contributed by atoms with Gasteiger partial charge in [-0.3, -0.25) is 9.69 Å². The number of aliphatic hydroxyl groups excluding tert-OH is 1. The number of rotatable bonds is 7. The molecule has 2 amide bonds. The summed E-state index contributed by atoms with van der Waals surface area (Å²) in [6, 6.07) is 12.0. The van der Waals surface area contributed by atoms with Gasteiger partial charge in [0, 0.05) is 18.9 Å². The van der Waals surface area contributed by atoms with Crippen molar-refractivity contribution in [3.8, 4) is 11.1 Å². The van der Waals surface area contributed by atoms with E-state index in [1.807, 2.05) is 30.3 Å². The lowest BCUT2D eigenvalue weighted by Crippen LogP contribution is -2.33. The Bertz CT molecular complexity index is 1080. The fraction of sp³-hybridized carbons (Fsp3) is 0.304. The van der Waals surface area contributed by atoms with E-state index in [1.165, 1.54) is 17.9 Å². The van der Waals surface area contributed by atoms with Crippen molar-refractivity contribution in [2.75, 3.05) is 24.6 Å². The normalized spacial score (nSPS) is 19.8. The molecule has 0 aromatic heterocycles. The third kappa shape index (κ3) is 4.83. The van der Waals surface area contributed by atoms with Crippen LogP contribution in [0.3, 0.4) is 0 Å². The molecule has 2 N–H and O–H groups in total. The first-order chi connectivity index (χ1) is 15.4. The first-order valence-corrected chi connectivity index (χ1v) is 10.3. The molecule has 2 atom stereocenters. The maximum absolute atomic E-state index is 14.9. The summed E-state index contributed by atoms with van der Waals surface area (Å²) in [7, 11) is 0. The molecule has 4 rings (SSSR count). The van der Waals surface area contributed by atoms with Crippen molar-refractivity contribution in [2.45, 2.75) is 25.5 Å². The number of nitrogens with one attached hydrogen (secondary N) is 1. The fourth-order valence-corrected chi connectivity index (χ4v) is 3.69. The lowest BCUT2D eigenvalue weighted by Gasteiger charge is -2.15. The van der Waals surface area contributed by atoms with Gasteiger partial charge in [-0.15, -0.1) is 0 Å². The average Bonchev–Trinajstić information content (AvgIpc) is 3.39. The zero-order chi connectivity index (χ0) is 22.7. The number of carbonyl (C=O) groups is 2. The van der Waals surface area contributed by atoms with Gasteiger partial charge in [0.25, 0.3) is 0 Å². The molecular weight excluding hydrogens is 415 g/mol. The molecular formula is C23H23FN4O4. The van der Waals surface area contributed by atoms with Crippen LogP contribution in [0, 0.1) is 5.82 Å². The Morgan fingerprint density at radius 1 is 1.28 bits per heavy atom. The Morgan fingerprint density at radius 3 is 2.72 bits per heavy atom. The molecule has 32 heavy (non-hydrogen) atoms. The number of cyclic esters (lactones) is 1. The van der Waals surface area contributed by atoms with Crippen LogP contribution in [-0.2, 0) is 16.0 Å². The minimum absolute atomic E-state index is 0.103. The molecule has 166 valence electrons. The van der Waals surface area contributed by atoms with Gasteiger partial charge in [0.2, 0.25) is 5.91 Å². The molecule has 0 radical (unpaired) electrons. The van der Waals surface area contributed by atoms with Gasteiger partial charge in [-0.1, -0.05) is 24.3 Å². The molecule has 2 aromatic rings. The zero-order valence-corrected chi connectivity index (χ0v) is 17.5. The lowest BCUT2D eigenvalue weighted by molar-refractivity contribution is -0.119. The van der Waals surface area contributed by atoms with E-state index in [2.05, 4.69) is 15.5 Å². The van der Waals surface area contributed by atoms with Gasteiger partial charge in [-0.2, -0.15) is 10.2 Å². The summed E-state index contributed by atoms with van der Waals surface area (Å²) < 4.78 is 20.1. The van der Waals surface area contributed by atoms with Crippen molar-refractivity contribution in [3.05, 3.63) is 65.6 Å². The van der Waals surface area contributed by atoms with E-state index in [1.54, 1.807) is 12.1 Å². The highest BCUT2D eigenvalue weighted by molar-refractivity contribution is 5.90. The van der Waals surface area contributed by atoms with Crippen molar-refractivity contribution in [1.29, 1.82) is 0 Å². The highest BCUT2D eigenvalue weighted by atomic mass is 19.1. The second kappa shape index (κ2) is 9.27. The summed E-state index contributed by atoms with van der Waals surface area (Å²) in [5, 5.41) is 19.7. The zero-order valence-electron chi connectivity index (χ0n) is 17.5. The molecule has 2 aliphatic heterocycles. The molecule has 0 spiro atoms. The molecule has 0 saturated carbocycles. The average molecular weight is 438 g/mol. The summed E-state index contributed by atoms with van der Waals surface area (Å²) >= 11 is 0. The molecule has 8 nitrogen and oxygen atoms in total. The molecule has 1 saturated heterocycles. The summed E-state index contributed by atoms with van der Waals surface area (Å²) in [5.41, 5.74) is 3.12. The highest BCUT2D eigenvalue weighted by Crippen LogP contribution is 2.29. The smallest absolute Gasteiger partial charge is 0.414 e. The van der Waals surface area contributed by atoms with Gasteiger partial charge >= 0.3 is 6.09 Å². The molecule has 2 heterocycles. The minimum atomic E-state index is -0.570. The highest BCUT2D eigenvalue weighted by Gasteiger charge is 2.32. The van der Waals surface area contributed by atoms with Crippen molar-refractivity contribution >= 4 is 17.7 Å². The van der Waals surface area contributed by atoms with E-state index in [-0.39, 0.29) is 31.6 Å².